The van der Waals surface area contributed by atoms with Crippen molar-refractivity contribution in [2.45, 2.75) is 12.4 Å². The van der Waals surface area contributed by atoms with Crippen LogP contribution in [0.3, 0.4) is 0 Å². The molecule has 2 heterocycles. The number of halogens is 6. The number of ether oxygens (including phenoxy) is 2. The minimum atomic E-state index is -4.63. The Labute approximate surface area is 231 Å². The minimum Gasteiger partial charge on any atom is -0.484 e. The van der Waals surface area contributed by atoms with Crippen LogP contribution in [0.1, 0.15) is 11.6 Å². The molecule has 0 aliphatic heterocycles. The predicted molar refractivity (Wildman–Crippen MR) is 137 cm³/mol. The molecule has 0 saturated carbocycles. The zero-order valence-corrected chi connectivity index (χ0v) is 21.0. The molecule has 0 aliphatic carbocycles. The van der Waals surface area contributed by atoms with Crippen molar-refractivity contribution < 1.29 is 45.4 Å². The first-order valence-corrected chi connectivity index (χ1v) is 11.9. The van der Waals surface area contributed by atoms with Crippen LogP contribution < -0.4 is 20.1 Å². The first kappa shape index (κ1) is 28.3. The van der Waals surface area contributed by atoms with E-state index in [1.807, 2.05) is 0 Å². The van der Waals surface area contributed by atoms with E-state index in [-0.39, 0.29) is 33.4 Å². The van der Waals surface area contributed by atoms with E-state index in [0.29, 0.717) is 11.5 Å². The molecule has 4 N–H and O–H groups in total. The van der Waals surface area contributed by atoms with Crippen molar-refractivity contribution in [3.05, 3.63) is 72.3 Å². The Bertz CT molecular complexity index is 1630. The average molecular weight is 592 g/mol. The van der Waals surface area contributed by atoms with Crippen LogP contribution in [0, 0.1) is 0 Å². The fourth-order valence-corrected chi connectivity index (χ4v) is 3.77. The first-order valence-electron chi connectivity index (χ1n) is 11.9. The van der Waals surface area contributed by atoms with Crippen molar-refractivity contribution >= 4 is 45.3 Å². The number of H-pyrrole nitrogens is 2. The van der Waals surface area contributed by atoms with Crippen LogP contribution in [0.15, 0.2) is 60.7 Å². The fraction of sp³-hybridized carbons (Fsp3) is 0.154. The van der Waals surface area contributed by atoms with Crippen molar-refractivity contribution in [3.8, 4) is 11.5 Å². The lowest BCUT2D eigenvalue weighted by molar-refractivity contribution is -0.144. The van der Waals surface area contributed by atoms with Crippen LogP contribution in [0.25, 0.3) is 22.1 Å². The minimum absolute atomic E-state index is 0.0925. The summed E-state index contributed by atoms with van der Waals surface area (Å²) in [5.41, 5.74) is 0.870. The monoisotopic (exact) mass is 592 g/mol. The molecular formula is C26H18F6N6O4. The summed E-state index contributed by atoms with van der Waals surface area (Å²) in [5.74, 6) is -2.82. The zero-order chi connectivity index (χ0) is 30.1. The van der Waals surface area contributed by atoms with Gasteiger partial charge in [-0.2, -0.15) is 26.3 Å². The second kappa shape index (κ2) is 10.9. The summed E-state index contributed by atoms with van der Waals surface area (Å²) in [7, 11) is 0. The highest BCUT2D eigenvalue weighted by Gasteiger charge is 2.35. The lowest BCUT2D eigenvalue weighted by atomic mass is 10.2. The number of anilines is 2. The van der Waals surface area contributed by atoms with Gasteiger partial charge in [0.25, 0.3) is 11.8 Å². The molecule has 3 aromatic carbocycles. The lowest BCUT2D eigenvalue weighted by Gasteiger charge is -2.10. The lowest BCUT2D eigenvalue weighted by Crippen LogP contribution is -2.20. The van der Waals surface area contributed by atoms with Gasteiger partial charge in [-0.25, -0.2) is 9.97 Å². The van der Waals surface area contributed by atoms with E-state index in [1.165, 1.54) is 60.7 Å². The maximum atomic E-state index is 12.8. The summed E-state index contributed by atoms with van der Waals surface area (Å²) in [5, 5.41) is 5.03. The number of hydrogen-bond acceptors (Lipinski definition) is 6. The summed E-state index contributed by atoms with van der Waals surface area (Å²) in [6.07, 6.45) is -9.26. The van der Waals surface area contributed by atoms with Crippen LogP contribution in [0.4, 0.5) is 37.7 Å². The van der Waals surface area contributed by atoms with E-state index in [4.69, 9.17) is 9.47 Å². The number of carbonyl (C=O) groups excluding carboxylic acids is 2. The molecule has 218 valence electrons. The number of nitrogens with zero attached hydrogens (tertiary/aromatic N) is 2. The van der Waals surface area contributed by atoms with E-state index in [2.05, 4.69) is 30.6 Å². The van der Waals surface area contributed by atoms with Crippen LogP contribution in [0.5, 0.6) is 11.5 Å². The van der Waals surface area contributed by atoms with Crippen molar-refractivity contribution in [1.82, 2.24) is 19.9 Å². The molecule has 0 saturated heterocycles. The van der Waals surface area contributed by atoms with Gasteiger partial charge in [0.2, 0.25) is 11.6 Å². The number of rotatable bonds is 8. The number of alkyl halides is 6. The third-order valence-corrected chi connectivity index (χ3v) is 5.63. The number of nitrogens with one attached hydrogen (secondary N) is 4. The summed E-state index contributed by atoms with van der Waals surface area (Å²) in [6, 6.07) is 14.1. The molecule has 16 heteroatoms. The van der Waals surface area contributed by atoms with Gasteiger partial charge in [-0.3, -0.25) is 9.59 Å². The van der Waals surface area contributed by atoms with Gasteiger partial charge in [0.05, 0.1) is 22.1 Å². The maximum absolute atomic E-state index is 12.8. The molecule has 5 aromatic rings. The largest absolute Gasteiger partial charge is 0.484 e. The highest BCUT2D eigenvalue weighted by molar-refractivity contribution is 5.94. The molecule has 2 amide bonds. The third-order valence-electron chi connectivity index (χ3n) is 5.63. The normalized spacial score (nSPS) is 12.0. The van der Waals surface area contributed by atoms with E-state index in [9.17, 15) is 35.9 Å². The molecule has 0 spiro atoms. The molecular weight excluding hydrogens is 574 g/mol. The van der Waals surface area contributed by atoms with Crippen LogP contribution in [0.2, 0.25) is 0 Å². The SMILES string of the molecule is O=C(COc1ccc(OCC(=O)Nc2ccc3nc(C(F)(F)F)[nH]c3c2)cc1)Nc1ccc2nc(C(F)(F)F)[nH]c2c1. The molecule has 0 radical (unpaired) electrons. The van der Waals surface area contributed by atoms with Crippen LogP contribution in [-0.4, -0.2) is 45.0 Å². The Hall–Kier alpha value is -5.28. The molecule has 10 nitrogen and oxygen atoms in total. The van der Waals surface area contributed by atoms with Gasteiger partial charge in [-0.05, 0) is 60.7 Å². The van der Waals surface area contributed by atoms with Gasteiger partial charge < -0.3 is 30.1 Å². The quantitative estimate of drug-likeness (QED) is 0.176. The number of hydrogen-bond donors (Lipinski definition) is 4. The number of aromatic amines is 2. The van der Waals surface area contributed by atoms with Crippen molar-refractivity contribution in [1.29, 1.82) is 0 Å². The number of amides is 2. The molecule has 0 bridgehead atoms. The fourth-order valence-electron chi connectivity index (χ4n) is 3.77. The second-order valence-electron chi connectivity index (χ2n) is 8.78. The Balaban J connectivity index is 1.08. The molecule has 0 fully saturated rings. The van der Waals surface area contributed by atoms with Gasteiger partial charge in [0.1, 0.15) is 11.5 Å². The molecule has 42 heavy (non-hydrogen) atoms. The molecule has 0 unspecified atom stereocenters. The number of benzene rings is 3. The van der Waals surface area contributed by atoms with E-state index in [1.54, 1.807) is 0 Å². The van der Waals surface area contributed by atoms with Gasteiger partial charge in [0, 0.05) is 11.4 Å². The van der Waals surface area contributed by atoms with Crippen LogP contribution >= 0.6 is 0 Å². The smallest absolute Gasteiger partial charge is 0.449 e. The highest BCUT2D eigenvalue weighted by atomic mass is 19.4. The number of carbonyl (C=O) groups is 2. The van der Waals surface area contributed by atoms with Crippen molar-refractivity contribution in [2.75, 3.05) is 23.8 Å². The Morgan fingerprint density at radius 2 is 1.02 bits per heavy atom. The van der Waals surface area contributed by atoms with Gasteiger partial charge in [0.15, 0.2) is 13.2 Å². The summed E-state index contributed by atoms with van der Waals surface area (Å²) in [4.78, 5) is 35.7. The van der Waals surface area contributed by atoms with Gasteiger partial charge in [-0.15, -0.1) is 0 Å². The Kier molecular flexibility index (Phi) is 7.36. The first-order chi connectivity index (χ1) is 19.8. The number of fused-ring (bicyclic) bond motifs is 2. The zero-order valence-electron chi connectivity index (χ0n) is 21.0. The molecule has 0 atom stereocenters. The van der Waals surface area contributed by atoms with E-state index >= 15 is 0 Å². The standard InChI is InChI=1S/C26H18F6N6O4/c27-25(28,29)23-35-17-7-1-13(9-19(17)37-23)33-21(39)11-41-15-3-5-16(6-4-15)42-12-22(40)34-14-2-8-18-20(10-14)38-24(36-18)26(30,31)32/h1-10H,11-12H2,(H,33,39)(H,34,40)(H,35,37)(H,36,38). The third kappa shape index (κ3) is 6.71. The van der Waals surface area contributed by atoms with E-state index < -0.39 is 49.0 Å². The van der Waals surface area contributed by atoms with Crippen molar-refractivity contribution in [2.24, 2.45) is 0 Å². The summed E-state index contributed by atoms with van der Waals surface area (Å²) >= 11 is 0. The molecule has 2 aromatic heterocycles. The summed E-state index contributed by atoms with van der Waals surface area (Å²) < 4.78 is 87.7. The predicted octanol–water partition coefficient (Wildman–Crippen LogP) is 5.51. The number of aromatic nitrogens is 4. The maximum Gasteiger partial charge on any atom is 0.449 e. The Morgan fingerprint density at radius 1 is 0.643 bits per heavy atom. The summed E-state index contributed by atoms with van der Waals surface area (Å²) in [6.45, 7) is -0.800. The topological polar surface area (TPSA) is 134 Å². The number of imidazole rings is 2. The highest BCUT2D eigenvalue weighted by Crippen LogP contribution is 2.30. The Morgan fingerprint density at radius 3 is 1.38 bits per heavy atom. The molecule has 5 rings (SSSR count). The molecule has 0 aliphatic rings. The van der Waals surface area contributed by atoms with Crippen LogP contribution in [-0.2, 0) is 21.9 Å². The van der Waals surface area contributed by atoms with Gasteiger partial charge >= 0.3 is 12.4 Å². The van der Waals surface area contributed by atoms with Crippen molar-refractivity contribution in [3.63, 3.8) is 0 Å². The second-order valence-corrected chi connectivity index (χ2v) is 8.78. The average Bonchev–Trinajstić information content (AvgIpc) is 3.55. The van der Waals surface area contributed by atoms with Gasteiger partial charge in [-0.1, -0.05) is 0 Å². The van der Waals surface area contributed by atoms with E-state index in [0.717, 1.165) is 0 Å².